The van der Waals surface area contributed by atoms with Gasteiger partial charge >= 0.3 is 0 Å². The molecule has 2 aromatic rings. The van der Waals surface area contributed by atoms with Crippen LogP contribution in [0.3, 0.4) is 0 Å². The van der Waals surface area contributed by atoms with Crippen LogP contribution in [0.2, 0.25) is 0 Å². The fraction of sp³-hybridized carbons (Fsp3) is 0.400. The fourth-order valence-electron chi connectivity index (χ4n) is 1.75. The summed E-state index contributed by atoms with van der Waals surface area (Å²) in [5.74, 6) is 1.62. The van der Waals surface area contributed by atoms with Gasteiger partial charge in [-0.25, -0.2) is 4.98 Å². The molecule has 0 fully saturated rings. The molecule has 1 aromatic heterocycles. The molecule has 20 heavy (non-hydrogen) atoms. The van der Waals surface area contributed by atoms with E-state index in [0.717, 1.165) is 35.2 Å². The summed E-state index contributed by atoms with van der Waals surface area (Å²) in [4.78, 5) is 4.20. The fourth-order valence-corrected chi connectivity index (χ4v) is 2.28. The average Bonchev–Trinajstić information content (AvgIpc) is 2.98. The van der Waals surface area contributed by atoms with E-state index in [1.165, 1.54) is 0 Å². The lowest BCUT2D eigenvalue weighted by molar-refractivity contribution is 0.276. The summed E-state index contributed by atoms with van der Waals surface area (Å²) in [6, 6.07) is 6.04. The predicted molar refractivity (Wildman–Crippen MR) is 82.8 cm³/mol. The molecule has 0 radical (unpaired) electrons. The molecule has 108 valence electrons. The van der Waals surface area contributed by atoms with Crippen LogP contribution in [0.25, 0.3) is 0 Å². The van der Waals surface area contributed by atoms with E-state index >= 15 is 0 Å². The first-order chi connectivity index (χ1) is 9.83. The summed E-state index contributed by atoms with van der Waals surface area (Å²) in [6.07, 6.45) is 2.78. The van der Waals surface area contributed by atoms with Gasteiger partial charge in [0.25, 0.3) is 0 Å². The van der Waals surface area contributed by atoms with Gasteiger partial charge in [0.2, 0.25) is 0 Å². The Bertz CT molecular complexity index is 515. The minimum absolute atomic E-state index is 0.631. The highest BCUT2D eigenvalue weighted by Gasteiger charge is 2.06. The van der Waals surface area contributed by atoms with Crippen LogP contribution in [0.5, 0.6) is 11.5 Å². The van der Waals surface area contributed by atoms with Crippen LogP contribution in [0.15, 0.2) is 29.8 Å². The van der Waals surface area contributed by atoms with Crippen molar-refractivity contribution in [3.8, 4) is 11.5 Å². The maximum Gasteiger partial charge on any atom is 0.182 e. The second-order valence-corrected chi connectivity index (χ2v) is 5.15. The molecule has 1 N–H and O–H groups in total. The van der Waals surface area contributed by atoms with E-state index in [0.29, 0.717) is 13.2 Å². The third kappa shape index (κ3) is 4.13. The number of aromatic nitrogens is 1. The Hall–Kier alpha value is -1.75. The van der Waals surface area contributed by atoms with E-state index in [-0.39, 0.29) is 0 Å². The van der Waals surface area contributed by atoms with Gasteiger partial charge < -0.3 is 14.8 Å². The van der Waals surface area contributed by atoms with Crippen molar-refractivity contribution in [2.24, 2.45) is 0 Å². The number of nitrogens with one attached hydrogen (secondary N) is 1. The topological polar surface area (TPSA) is 43.4 Å². The van der Waals surface area contributed by atoms with Crippen molar-refractivity contribution in [3.63, 3.8) is 0 Å². The zero-order valence-corrected chi connectivity index (χ0v) is 12.7. The summed E-state index contributed by atoms with van der Waals surface area (Å²) in [5, 5.41) is 6.16. The first kappa shape index (κ1) is 14.7. The average molecular weight is 292 g/mol. The van der Waals surface area contributed by atoms with Crippen LogP contribution in [0.1, 0.15) is 25.8 Å². The molecule has 0 unspecified atom stereocenters. The van der Waals surface area contributed by atoms with Crippen molar-refractivity contribution >= 4 is 16.5 Å². The van der Waals surface area contributed by atoms with Crippen molar-refractivity contribution in [3.05, 3.63) is 35.3 Å². The lowest BCUT2D eigenvalue weighted by atomic mass is 10.2. The Morgan fingerprint density at radius 3 is 2.80 bits per heavy atom. The molecule has 0 bridgehead atoms. The molecular formula is C15H20N2O2S. The Morgan fingerprint density at radius 2 is 2.10 bits per heavy atom. The summed E-state index contributed by atoms with van der Waals surface area (Å²) in [7, 11) is 0. The highest BCUT2D eigenvalue weighted by atomic mass is 32.1. The van der Waals surface area contributed by atoms with E-state index in [4.69, 9.17) is 9.47 Å². The molecule has 0 saturated carbocycles. The van der Waals surface area contributed by atoms with E-state index in [1.807, 2.05) is 30.5 Å². The summed E-state index contributed by atoms with van der Waals surface area (Å²) in [5.41, 5.74) is 1.15. The van der Waals surface area contributed by atoms with Crippen LogP contribution in [0.4, 0.5) is 5.13 Å². The molecule has 0 saturated heterocycles. The maximum atomic E-state index is 5.69. The second kappa shape index (κ2) is 7.75. The molecule has 0 spiro atoms. The first-order valence-corrected chi connectivity index (χ1v) is 7.73. The van der Waals surface area contributed by atoms with Gasteiger partial charge in [0.15, 0.2) is 16.6 Å². The second-order valence-electron chi connectivity index (χ2n) is 4.25. The molecule has 1 aromatic carbocycles. The molecule has 1 heterocycles. The lowest BCUT2D eigenvalue weighted by Gasteiger charge is -2.13. The van der Waals surface area contributed by atoms with Crippen LogP contribution in [0, 0.1) is 0 Å². The molecule has 0 amide bonds. The highest BCUT2D eigenvalue weighted by molar-refractivity contribution is 7.13. The number of nitrogens with zero attached hydrogens (tertiary/aromatic N) is 1. The summed E-state index contributed by atoms with van der Waals surface area (Å²) >= 11 is 1.59. The molecular weight excluding hydrogens is 272 g/mol. The van der Waals surface area contributed by atoms with Gasteiger partial charge in [-0.2, -0.15) is 0 Å². The van der Waals surface area contributed by atoms with Crippen molar-refractivity contribution < 1.29 is 9.47 Å². The standard InChI is InChI=1S/C15H20N2O2S/c1-3-8-19-13-6-5-12(10-14(13)18-4-2)11-17-15-16-7-9-20-15/h5-7,9-10H,3-4,8,11H2,1-2H3,(H,16,17). The van der Waals surface area contributed by atoms with E-state index in [2.05, 4.69) is 17.2 Å². The minimum Gasteiger partial charge on any atom is -0.490 e. The summed E-state index contributed by atoms with van der Waals surface area (Å²) in [6.45, 7) is 6.13. The van der Waals surface area contributed by atoms with Crippen LogP contribution < -0.4 is 14.8 Å². The zero-order chi connectivity index (χ0) is 14.2. The van der Waals surface area contributed by atoms with Gasteiger partial charge in [-0.15, -0.1) is 11.3 Å². The quantitative estimate of drug-likeness (QED) is 0.800. The SMILES string of the molecule is CCCOc1ccc(CNc2nccs2)cc1OCC. The Kier molecular flexibility index (Phi) is 5.68. The zero-order valence-electron chi connectivity index (χ0n) is 11.9. The van der Waals surface area contributed by atoms with Crippen LogP contribution in [-0.2, 0) is 6.54 Å². The lowest BCUT2D eigenvalue weighted by Crippen LogP contribution is -2.03. The molecule has 4 nitrogen and oxygen atoms in total. The van der Waals surface area contributed by atoms with Gasteiger partial charge in [0.05, 0.1) is 13.2 Å². The Balaban J connectivity index is 2.04. The minimum atomic E-state index is 0.631. The highest BCUT2D eigenvalue weighted by Crippen LogP contribution is 2.29. The van der Waals surface area contributed by atoms with Gasteiger partial charge in [-0.3, -0.25) is 0 Å². The number of rotatable bonds is 8. The van der Waals surface area contributed by atoms with Gasteiger partial charge in [-0.05, 0) is 31.0 Å². The number of hydrogen-bond donors (Lipinski definition) is 1. The molecule has 0 aliphatic carbocycles. The first-order valence-electron chi connectivity index (χ1n) is 6.85. The van der Waals surface area contributed by atoms with Crippen LogP contribution in [-0.4, -0.2) is 18.2 Å². The van der Waals surface area contributed by atoms with Crippen LogP contribution >= 0.6 is 11.3 Å². The molecule has 5 heteroatoms. The molecule has 0 aliphatic heterocycles. The summed E-state index contributed by atoms with van der Waals surface area (Å²) < 4.78 is 11.3. The van der Waals surface area contributed by atoms with Gasteiger partial charge in [0, 0.05) is 18.1 Å². The van der Waals surface area contributed by atoms with E-state index in [9.17, 15) is 0 Å². The third-order valence-electron chi connectivity index (χ3n) is 2.65. The normalized spacial score (nSPS) is 10.3. The van der Waals surface area contributed by atoms with Crippen molar-refractivity contribution in [1.29, 1.82) is 0 Å². The largest absolute Gasteiger partial charge is 0.490 e. The monoisotopic (exact) mass is 292 g/mol. The van der Waals surface area contributed by atoms with E-state index in [1.54, 1.807) is 17.5 Å². The third-order valence-corrected chi connectivity index (χ3v) is 3.38. The molecule has 0 aliphatic rings. The van der Waals surface area contributed by atoms with E-state index < -0.39 is 0 Å². The predicted octanol–water partition coefficient (Wildman–Crippen LogP) is 3.94. The maximum absolute atomic E-state index is 5.69. The number of ether oxygens (including phenoxy) is 2. The van der Waals surface area contributed by atoms with Crippen molar-refractivity contribution in [2.75, 3.05) is 18.5 Å². The Morgan fingerprint density at radius 1 is 1.20 bits per heavy atom. The molecule has 2 rings (SSSR count). The Labute approximate surface area is 123 Å². The number of hydrogen-bond acceptors (Lipinski definition) is 5. The smallest absolute Gasteiger partial charge is 0.182 e. The molecule has 0 atom stereocenters. The number of benzene rings is 1. The van der Waals surface area contributed by atoms with Crippen molar-refractivity contribution in [1.82, 2.24) is 4.98 Å². The van der Waals surface area contributed by atoms with Gasteiger partial charge in [-0.1, -0.05) is 13.0 Å². The number of thiazole rings is 1. The van der Waals surface area contributed by atoms with Gasteiger partial charge in [0.1, 0.15) is 0 Å². The van der Waals surface area contributed by atoms with Crippen molar-refractivity contribution in [2.45, 2.75) is 26.8 Å². The number of anilines is 1.